The summed E-state index contributed by atoms with van der Waals surface area (Å²) in [6, 6.07) is 83.8. The normalized spacial score (nSPS) is 11.0. The fourth-order valence-corrected chi connectivity index (χ4v) is 14.9. The molecule has 0 aromatic heterocycles. The van der Waals surface area contributed by atoms with Gasteiger partial charge >= 0.3 is 0 Å². The fraction of sp³-hybridized carbons (Fsp3) is 0.426. The summed E-state index contributed by atoms with van der Waals surface area (Å²) in [4.78, 5) is 0. The van der Waals surface area contributed by atoms with Gasteiger partial charge in [0.15, 0.2) is 11.5 Å². The van der Waals surface area contributed by atoms with Crippen molar-refractivity contribution < 1.29 is 71.8 Å². The Kier molecular flexibility index (Phi) is 48.2. The van der Waals surface area contributed by atoms with Gasteiger partial charge in [-0.15, -0.1) is 0 Å². The molecule has 0 heterocycles. The van der Waals surface area contributed by atoms with Crippen molar-refractivity contribution in [3.63, 3.8) is 0 Å². The van der Waals surface area contributed by atoms with E-state index in [1.54, 1.807) is 6.92 Å². The average molecular weight is 1770 g/mol. The summed E-state index contributed by atoms with van der Waals surface area (Å²) in [5.41, 5.74) is 10.6. The van der Waals surface area contributed by atoms with Gasteiger partial charge < -0.3 is 71.8 Å². The number of benzene rings is 11. The molecular weight excluding hydrogens is 1620 g/mol. The molecule has 130 heavy (non-hydrogen) atoms. The average Bonchev–Trinajstić information content (AvgIpc) is 0.815. The maximum absolute atomic E-state index is 9.80. The molecule has 11 aromatic rings. The van der Waals surface area contributed by atoms with E-state index in [2.05, 4.69) is 57.2 Å². The molecule has 0 aliphatic rings. The lowest BCUT2D eigenvalue weighted by Crippen LogP contribution is -2.06. The summed E-state index contributed by atoms with van der Waals surface area (Å²) >= 11 is 0. The Morgan fingerprint density at radius 2 is 0.315 bits per heavy atom. The maximum Gasteiger partial charge on any atom is 0.203 e. The second-order valence-electron chi connectivity index (χ2n) is 33.8. The Labute approximate surface area is 777 Å². The molecule has 0 amide bonds. The van der Waals surface area contributed by atoms with Crippen molar-refractivity contribution in [3.8, 4) is 74.7 Å². The van der Waals surface area contributed by atoms with E-state index in [-0.39, 0.29) is 39.6 Å². The van der Waals surface area contributed by atoms with Gasteiger partial charge in [0.05, 0.1) is 26.4 Å². The maximum atomic E-state index is 9.80. The van der Waals surface area contributed by atoms with Crippen LogP contribution in [-0.2, 0) is 72.7 Å². The lowest BCUT2D eigenvalue weighted by molar-refractivity contribution is 0.227. The van der Waals surface area contributed by atoms with E-state index in [4.69, 9.17) is 66.7 Å². The summed E-state index contributed by atoms with van der Waals surface area (Å²) in [6.07, 6.45) is 39.2. The second kappa shape index (κ2) is 62.1. The van der Waals surface area contributed by atoms with Crippen molar-refractivity contribution in [1.29, 1.82) is 0 Å². The minimum absolute atomic E-state index is 0.0661. The largest absolute Gasteiger partial charge is 0.494 e. The molecule has 0 saturated heterocycles. The van der Waals surface area contributed by atoms with Crippen molar-refractivity contribution in [2.24, 2.45) is 0 Å². The van der Waals surface area contributed by atoms with Crippen LogP contribution < -0.4 is 61.6 Å². The molecule has 0 bridgehead atoms. The zero-order valence-corrected chi connectivity index (χ0v) is 78.3. The fourth-order valence-electron chi connectivity index (χ4n) is 14.9. The molecule has 0 spiro atoms. The summed E-state index contributed by atoms with van der Waals surface area (Å²) in [5, 5.41) is 17.4. The first-order chi connectivity index (χ1) is 64.2. The van der Waals surface area contributed by atoms with Gasteiger partial charge in [0.1, 0.15) is 124 Å². The Hall–Kier alpha value is -11.3. The van der Waals surface area contributed by atoms with Gasteiger partial charge in [-0.05, 0) is 221 Å². The highest BCUT2D eigenvalue weighted by Crippen LogP contribution is 2.42. The highest BCUT2D eigenvalue weighted by Gasteiger charge is 2.19. The zero-order valence-electron chi connectivity index (χ0n) is 78.3. The Bertz CT molecular complexity index is 4520. The molecule has 0 aliphatic carbocycles. The third-order valence-corrected chi connectivity index (χ3v) is 22.8. The molecule has 0 fully saturated rings. The van der Waals surface area contributed by atoms with Crippen LogP contribution in [0.15, 0.2) is 255 Å². The van der Waals surface area contributed by atoms with Crippen LogP contribution in [0.25, 0.3) is 0 Å². The second-order valence-corrected chi connectivity index (χ2v) is 33.8. The van der Waals surface area contributed by atoms with Crippen LogP contribution >= 0.6 is 0 Å². The van der Waals surface area contributed by atoms with E-state index in [0.29, 0.717) is 62.6 Å². The van der Waals surface area contributed by atoms with Gasteiger partial charge in [-0.1, -0.05) is 315 Å². The molecule has 2 N–H and O–H groups in total. The van der Waals surface area contributed by atoms with Gasteiger partial charge in [-0.3, -0.25) is 0 Å². The van der Waals surface area contributed by atoms with Crippen LogP contribution in [0, 0.1) is 0 Å². The van der Waals surface area contributed by atoms with Crippen molar-refractivity contribution in [1.82, 2.24) is 0 Å². The first-order valence-corrected chi connectivity index (χ1v) is 48.6. The molecule has 11 aromatic carbocycles. The van der Waals surface area contributed by atoms with Gasteiger partial charge in [0.25, 0.3) is 0 Å². The van der Waals surface area contributed by atoms with Crippen LogP contribution in [0.1, 0.15) is 282 Å². The predicted octanol–water partition coefficient (Wildman–Crippen LogP) is 29.9. The number of unbranched alkanes of at least 4 members (excludes halogenated alkanes) is 27. The first kappa shape index (κ1) is 101. The van der Waals surface area contributed by atoms with Crippen LogP contribution in [0.5, 0.6) is 74.7 Å². The molecular formula is C115H146O15. The molecule has 11 rings (SSSR count). The summed E-state index contributed by atoms with van der Waals surface area (Å²) in [5.74, 6) is 9.23. The molecule has 15 nitrogen and oxygen atoms in total. The van der Waals surface area contributed by atoms with E-state index in [9.17, 15) is 5.11 Å². The first-order valence-electron chi connectivity index (χ1n) is 48.6. The molecule has 0 unspecified atom stereocenters. The van der Waals surface area contributed by atoms with E-state index in [0.717, 1.165) is 152 Å². The predicted molar refractivity (Wildman–Crippen MR) is 525 cm³/mol. The monoisotopic (exact) mass is 1770 g/mol. The van der Waals surface area contributed by atoms with Gasteiger partial charge in [0.2, 0.25) is 5.75 Å². The third kappa shape index (κ3) is 40.8. The van der Waals surface area contributed by atoms with E-state index < -0.39 is 0 Å². The zero-order chi connectivity index (χ0) is 90.6. The number of aliphatic hydroxyl groups is 2. The van der Waals surface area contributed by atoms with Crippen LogP contribution in [0.4, 0.5) is 0 Å². The van der Waals surface area contributed by atoms with Crippen molar-refractivity contribution in [2.45, 2.75) is 293 Å². The van der Waals surface area contributed by atoms with E-state index in [1.165, 1.54) is 173 Å². The quantitative estimate of drug-likeness (QED) is 0.0346. The van der Waals surface area contributed by atoms with Crippen LogP contribution in [0.3, 0.4) is 0 Å². The molecule has 0 atom stereocenters. The highest BCUT2D eigenvalue weighted by molar-refractivity contribution is 5.55. The summed E-state index contributed by atoms with van der Waals surface area (Å²) < 4.78 is 82.5. The molecule has 0 saturated carbocycles. The van der Waals surface area contributed by atoms with E-state index in [1.807, 2.05) is 218 Å². The smallest absolute Gasteiger partial charge is 0.203 e. The molecule has 0 radical (unpaired) electrons. The SMILES string of the molecule is CCCCCCCCCCCCOc1ccc(COc2ccc(COc3ccc(COc4cc(COc5ccc(CO)cc5)cc(OCc5ccc(OCc6ccc(OCc7ccc(OCCCCCCCCCCCC)cc7)cc6)cc5)c4OCc4ccc(OCc5ccc(OCc6ccc(OCCCCCCCCCCCC)cc6)cc5)cc4)cc3)cc2)cc1.CCO. The van der Waals surface area contributed by atoms with Crippen LogP contribution in [-0.4, -0.2) is 36.6 Å². The van der Waals surface area contributed by atoms with Gasteiger partial charge in [-0.2, -0.15) is 0 Å². The number of rotatable bonds is 67. The minimum Gasteiger partial charge on any atom is -0.494 e. The molecule has 696 valence electrons. The van der Waals surface area contributed by atoms with Crippen molar-refractivity contribution >= 4 is 0 Å². The topological polar surface area (TPSA) is 160 Å². The van der Waals surface area contributed by atoms with Crippen molar-refractivity contribution in [2.75, 3.05) is 26.4 Å². The number of ether oxygens (including phenoxy) is 13. The Morgan fingerprint density at radius 1 is 0.162 bits per heavy atom. The van der Waals surface area contributed by atoms with Crippen molar-refractivity contribution in [3.05, 3.63) is 316 Å². The lowest BCUT2D eigenvalue weighted by atomic mass is 10.1. The van der Waals surface area contributed by atoms with Gasteiger partial charge in [-0.25, -0.2) is 0 Å². The molecule has 0 aliphatic heterocycles. The third-order valence-electron chi connectivity index (χ3n) is 22.8. The lowest BCUT2D eigenvalue weighted by Gasteiger charge is -2.19. The van der Waals surface area contributed by atoms with Gasteiger partial charge in [0, 0.05) is 6.61 Å². The number of aliphatic hydroxyl groups excluding tert-OH is 2. The Balaban J connectivity index is 0.00000577. The number of hydrogen-bond acceptors (Lipinski definition) is 15. The van der Waals surface area contributed by atoms with E-state index >= 15 is 0 Å². The van der Waals surface area contributed by atoms with Crippen LogP contribution in [0.2, 0.25) is 0 Å². The standard InChI is InChI=1S/C113H140O14.C2H6O/c1-4-7-10-13-16-19-22-25-28-31-74-115-101-56-36-91(37-57-101)80-118-105-62-42-94(43-63-105)83-121-108-68-48-97(49-69-108)86-125-111-77-100(89-124-104-54-34-90(79-114)35-55-104)78-112(126-87-98-50-70-109(71-51-98)122-84-95-44-64-106(65-45-95)119-81-92-38-58-102(59-39-92)116-75-32-29-26-23-20-17-14-11-8-5-2)113(111)127-88-99-52-72-110(73-53-99)123-85-96-46-66-107(67-47-96)120-82-93-40-60-103(61-41-93)117-76-33-30-27-24-21-18-15-12-9-6-3;1-2-3/h34-73,77-78,114H,4-33,74-76,79-89H2,1-3H3;3H,2H2,1H3. The number of hydrogen-bond donors (Lipinski definition) is 2. The summed E-state index contributed by atoms with van der Waals surface area (Å²) in [6.45, 7) is 14.2. The highest BCUT2D eigenvalue weighted by atomic mass is 16.5. The molecule has 15 heteroatoms. The summed E-state index contributed by atoms with van der Waals surface area (Å²) in [7, 11) is 0. The Morgan fingerprint density at radius 3 is 0.508 bits per heavy atom. The minimum atomic E-state index is -0.0661.